The first-order chi connectivity index (χ1) is 8.63. The first-order valence-electron chi connectivity index (χ1n) is 4.90. The van der Waals surface area contributed by atoms with Gasteiger partial charge in [0.25, 0.3) is 0 Å². The molecule has 0 aliphatic carbocycles. The van der Waals surface area contributed by atoms with Crippen LogP contribution in [0.3, 0.4) is 0 Å². The van der Waals surface area contributed by atoms with Gasteiger partial charge in [-0.1, -0.05) is 17.8 Å². The summed E-state index contributed by atoms with van der Waals surface area (Å²) in [7, 11) is 0. The number of thioether (sulfide) groups is 1. The van der Waals surface area contributed by atoms with Crippen LogP contribution in [0.15, 0.2) is 29.5 Å². The zero-order valence-electron chi connectivity index (χ0n) is 9.18. The van der Waals surface area contributed by atoms with Crippen molar-refractivity contribution < 1.29 is 4.92 Å². The minimum atomic E-state index is -0.467. The molecule has 0 amide bonds. The number of pyridine rings is 1. The van der Waals surface area contributed by atoms with Gasteiger partial charge in [-0.2, -0.15) is 9.50 Å². The molecule has 0 radical (unpaired) electrons. The van der Waals surface area contributed by atoms with Gasteiger partial charge in [-0.15, -0.1) is 0 Å². The Bertz CT molecular complexity index is 623. The van der Waals surface area contributed by atoms with Crippen LogP contribution in [-0.2, 0) is 5.75 Å². The molecule has 2 rings (SSSR count). The molecule has 2 heterocycles. The van der Waals surface area contributed by atoms with Gasteiger partial charge < -0.3 is 21.7 Å². The molecule has 0 unspecified atom stereocenters. The summed E-state index contributed by atoms with van der Waals surface area (Å²) >= 11 is 1.10. The molecule has 18 heavy (non-hydrogen) atoms. The Hall–Kier alpha value is -2.29. The standard InChI is InChI=1S/C9H10N6O2S/c10-9(13-11)18-5-6-8(15(16)17)14-4-2-1-3-7(14)12-6/h1-4H,5,11H2,(H2,10,13). The average Bonchev–Trinajstić information content (AvgIpc) is 2.74. The molecular weight excluding hydrogens is 256 g/mol. The molecule has 0 aliphatic rings. The Morgan fingerprint density at radius 1 is 1.61 bits per heavy atom. The Morgan fingerprint density at radius 3 is 3.06 bits per heavy atom. The summed E-state index contributed by atoms with van der Waals surface area (Å²) in [5, 5.41) is 14.5. The molecule has 0 bridgehead atoms. The van der Waals surface area contributed by atoms with Crippen molar-refractivity contribution in [3.63, 3.8) is 0 Å². The van der Waals surface area contributed by atoms with Gasteiger partial charge in [0, 0.05) is 6.07 Å². The third-order valence-electron chi connectivity index (χ3n) is 2.23. The minimum Gasteiger partial charge on any atom is -0.377 e. The summed E-state index contributed by atoms with van der Waals surface area (Å²) in [5.74, 6) is 5.17. The van der Waals surface area contributed by atoms with Crippen molar-refractivity contribution in [1.82, 2.24) is 9.38 Å². The molecule has 4 N–H and O–H groups in total. The second kappa shape index (κ2) is 4.92. The van der Waals surface area contributed by atoms with Gasteiger partial charge in [0.05, 0.1) is 11.9 Å². The normalized spacial score (nSPS) is 11.9. The lowest BCUT2D eigenvalue weighted by atomic mass is 10.5. The topological polar surface area (TPSA) is 125 Å². The van der Waals surface area contributed by atoms with E-state index in [1.165, 1.54) is 4.40 Å². The summed E-state index contributed by atoms with van der Waals surface area (Å²) in [6.07, 6.45) is 1.59. The van der Waals surface area contributed by atoms with Crippen LogP contribution in [0, 0.1) is 10.1 Å². The predicted molar refractivity (Wildman–Crippen MR) is 69.0 cm³/mol. The van der Waals surface area contributed by atoms with Crippen LogP contribution in [0.1, 0.15) is 5.69 Å². The van der Waals surface area contributed by atoms with E-state index in [4.69, 9.17) is 11.6 Å². The first-order valence-corrected chi connectivity index (χ1v) is 5.88. The third kappa shape index (κ3) is 2.20. The van der Waals surface area contributed by atoms with Gasteiger partial charge in [-0.25, -0.2) is 4.98 Å². The quantitative estimate of drug-likeness (QED) is 0.276. The van der Waals surface area contributed by atoms with E-state index in [0.29, 0.717) is 11.3 Å². The molecule has 2 aromatic rings. The van der Waals surface area contributed by atoms with Crippen LogP contribution < -0.4 is 11.6 Å². The van der Waals surface area contributed by atoms with E-state index in [1.54, 1.807) is 24.4 Å². The lowest BCUT2D eigenvalue weighted by Gasteiger charge is -1.98. The molecule has 8 nitrogen and oxygen atoms in total. The predicted octanol–water partition coefficient (Wildman–Crippen LogP) is 0.664. The summed E-state index contributed by atoms with van der Waals surface area (Å²) in [4.78, 5) is 14.8. The molecule has 2 aromatic heterocycles. The number of hydrogen-bond donors (Lipinski definition) is 2. The second-order valence-electron chi connectivity index (χ2n) is 3.32. The molecule has 94 valence electrons. The summed E-state index contributed by atoms with van der Waals surface area (Å²) in [5.41, 5.74) is 6.28. The molecule has 0 atom stereocenters. The van der Waals surface area contributed by atoms with Crippen molar-refractivity contribution in [2.75, 3.05) is 0 Å². The van der Waals surface area contributed by atoms with E-state index in [9.17, 15) is 10.1 Å². The smallest absolute Gasteiger partial charge is 0.351 e. The van der Waals surface area contributed by atoms with Gasteiger partial charge in [0.15, 0.2) is 5.17 Å². The van der Waals surface area contributed by atoms with Crippen LogP contribution in [0.2, 0.25) is 0 Å². The Labute approximate surface area is 106 Å². The summed E-state index contributed by atoms with van der Waals surface area (Å²) in [6, 6.07) is 5.16. The SMILES string of the molecule is NN=C(N)SCc1nc2ccccn2c1[N+](=O)[O-]. The Balaban J connectivity index is 2.43. The van der Waals surface area contributed by atoms with Crippen molar-refractivity contribution in [2.24, 2.45) is 16.7 Å². The zero-order valence-corrected chi connectivity index (χ0v) is 10.0. The molecule has 0 saturated heterocycles. The molecule has 0 aliphatic heterocycles. The fraction of sp³-hybridized carbons (Fsp3) is 0.111. The fourth-order valence-corrected chi connectivity index (χ4v) is 2.05. The van der Waals surface area contributed by atoms with Crippen LogP contribution in [0.4, 0.5) is 5.82 Å². The minimum absolute atomic E-state index is 0.0667. The molecule has 0 saturated carbocycles. The van der Waals surface area contributed by atoms with Crippen LogP contribution in [-0.4, -0.2) is 19.5 Å². The third-order valence-corrected chi connectivity index (χ3v) is 3.05. The molecule has 9 heteroatoms. The van der Waals surface area contributed by atoms with Crippen molar-refractivity contribution in [1.29, 1.82) is 0 Å². The fourth-order valence-electron chi connectivity index (χ4n) is 1.50. The average molecular weight is 266 g/mol. The van der Waals surface area contributed by atoms with E-state index in [2.05, 4.69) is 10.1 Å². The van der Waals surface area contributed by atoms with E-state index in [-0.39, 0.29) is 16.7 Å². The number of nitrogens with two attached hydrogens (primary N) is 2. The van der Waals surface area contributed by atoms with Crippen LogP contribution >= 0.6 is 11.8 Å². The number of aromatic nitrogens is 2. The van der Waals surface area contributed by atoms with E-state index in [0.717, 1.165) is 11.8 Å². The highest BCUT2D eigenvalue weighted by atomic mass is 32.2. The number of amidine groups is 1. The lowest BCUT2D eigenvalue weighted by molar-refractivity contribution is -0.391. The lowest BCUT2D eigenvalue weighted by Crippen LogP contribution is -2.09. The van der Waals surface area contributed by atoms with Gasteiger partial charge in [0.1, 0.15) is 5.69 Å². The van der Waals surface area contributed by atoms with E-state index < -0.39 is 4.92 Å². The van der Waals surface area contributed by atoms with Crippen molar-refractivity contribution in [3.8, 4) is 0 Å². The highest BCUT2D eigenvalue weighted by Crippen LogP contribution is 2.24. The van der Waals surface area contributed by atoms with Gasteiger partial charge in [0.2, 0.25) is 5.65 Å². The molecular formula is C9H10N6O2S. The summed E-state index contributed by atoms with van der Waals surface area (Å²) in [6.45, 7) is 0. The number of hydrogen-bond acceptors (Lipinski definition) is 6. The number of nitro groups is 1. The Morgan fingerprint density at radius 2 is 2.39 bits per heavy atom. The van der Waals surface area contributed by atoms with Crippen molar-refractivity contribution in [3.05, 3.63) is 40.2 Å². The van der Waals surface area contributed by atoms with Gasteiger partial charge in [-0.05, 0) is 11.0 Å². The van der Waals surface area contributed by atoms with E-state index in [1.807, 2.05) is 0 Å². The maximum atomic E-state index is 11.1. The largest absolute Gasteiger partial charge is 0.377 e. The van der Waals surface area contributed by atoms with Gasteiger partial charge in [-0.3, -0.25) is 0 Å². The summed E-state index contributed by atoms with van der Waals surface area (Å²) < 4.78 is 1.42. The highest BCUT2D eigenvalue weighted by Gasteiger charge is 2.22. The first kappa shape index (κ1) is 12.2. The Kier molecular flexibility index (Phi) is 3.33. The monoisotopic (exact) mass is 266 g/mol. The number of fused-ring (bicyclic) bond motifs is 1. The van der Waals surface area contributed by atoms with Crippen molar-refractivity contribution in [2.45, 2.75) is 5.75 Å². The van der Waals surface area contributed by atoms with E-state index >= 15 is 0 Å². The van der Waals surface area contributed by atoms with Gasteiger partial charge >= 0.3 is 5.82 Å². The number of nitrogens with zero attached hydrogens (tertiary/aromatic N) is 4. The molecule has 0 fully saturated rings. The molecule has 0 spiro atoms. The molecule has 0 aromatic carbocycles. The number of imidazole rings is 1. The second-order valence-corrected chi connectivity index (χ2v) is 4.32. The maximum absolute atomic E-state index is 11.1. The maximum Gasteiger partial charge on any atom is 0.351 e. The highest BCUT2D eigenvalue weighted by molar-refractivity contribution is 8.13. The number of hydrazone groups is 1. The zero-order chi connectivity index (χ0) is 13.1. The van der Waals surface area contributed by atoms with Crippen LogP contribution in [0.25, 0.3) is 5.65 Å². The number of rotatable bonds is 3. The van der Waals surface area contributed by atoms with Crippen LogP contribution in [0.5, 0.6) is 0 Å². The van der Waals surface area contributed by atoms with Crippen molar-refractivity contribution >= 4 is 28.4 Å².